The van der Waals surface area contributed by atoms with Crippen molar-refractivity contribution in [1.82, 2.24) is 0 Å². The zero-order valence-corrected chi connectivity index (χ0v) is 11.6. The Morgan fingerprint density at radius 2 is 1.76 bits per heavy atom. The van der Waals surface area contributed by atoms with Gasteiger partial charge in [-0.1, -0.05) is 17.7 Å². The van der Waals surface area contributed by atoms with Crippen molar-refractivity contribution in [2.75, 3.05) is 0 Å². The van der Waals surface area contributed by atoms with E-state index in [9.17, 15) is 15.0 Å². The van der Waals surface area contributed by atoms with Crippen molar-refractivity contribution in [2.45, 2.75) is 19.8 Å². The molecule has 0 aromatic heterocycles. The Hall–Kier alpha value is -2.55. The Balaban J connectivity index is 2.15. The predicted octanol–water partition coefficient (Wildman–Crippen LogP) is 3.55. The molecule has 0 radical (unpaired) electrons. The molecule has 0 unspecified atom stereocenters. The van der Waals surface area contributed by atoms with Gasteiger partial charge in [-0.25, -0.2) is 0 Å². The molecule has 2 aliphatic rings. The SMILES string of the molecule is Cc1cc(O)cc2c1C(=O)c1c(O)cccc1C2=C1CC1. The van der Waals surface area contributed by atoms with E-state index in [1.807, 2.05) is 13.0 Å². The summed E-state index contributed by atoms with van der Waals surface area (Å²) in [6.07, 6.45) is 2.01. The zero-order chi connectivity index (χ0) is 14.7. The largest absolute Gasteiger partial charge is 0.508 e. The third-order valence-electron chi connectivity index (χ3n) is 4.21. The van der Waals surface area contributed by atoms with Gasteiger partial charge in [-0.3, -0.25) is 4.79 Å². The number of fused-ring (bicyclic) bond motifs is 2. The van der Waals surface area contributed by atoms with Crippen LogP contribution in [0.25, 0.3) is 5.57 Å². The maximum atomic E-state index is 12.8. The molecule has 0 amide bonds. The molecule has 2 aromatic rings. The summed E-state index contributed by atoms with van der Waals surface area (Å²) in [5.74, 6) is 0.0244. The summed E-state index contributed by atoms with van der Waals surface area (Å²) in [5, 5.41) is 20.0. The first kappa shape index (κ1) is 12.2. The van der Waals surface area contributed by atoms with E-state index in [1.165, 1.54) is 5.57 Å². The number of carbonyl (C=O) groups excluding carboxylic acids is 1. The van der Waals surface area contributed by atoms with Crippen LogP contribution in [0.4, 0.5) is 0 Å². The molecule has 0 aliphatic heterocycles. The molecule has 0 bridgehead atoms. The number of hydrogen-bond acceptors (Lipinski definition) is 3. The smallest absolute Gasteiger partial charge is 0.198 e. The maximum absolute atomic E-state index is 12.8. The second-order valence-corrected chi connectivity index (χ2v) is 5.69. The first-order valence-electron chi connectivity index (χ1n) is 7.01. The van der Waals surface area contributed by atoms with Crippen molar-refractivity contribution in [2.24, 2.45) is 0 Å². The van der Waals surface area contributed by atoms with Crippen LogP contribution in [0.2, 0.25) is 0 Å². The topological polar surface area (TPSA) is 57.5 Å². The van der Waals surface area contributed by atoms with E-state index in [0.29, 0.717) is 11.1 Å². The zero-order valence-electron chi connectivity index (χ0n) is 11.6. The molecule has 3 heteroatoms. The van der Waals surface area contributed by atoms with Gasteiger partial charge in [0, 0.05) is 5.56 Å². The number of aryl methyl sites for hydroxylation is 1. The highest BCUT2D eigenvalue weighted by Gasteiger charge is 2.34. The lowest BCUT2D eigenvalue weighted by Gasteiger charge is -2.24. The second kappa shape index (κ2) is 3.98. The normalized spacial score (nSPS) is 15.8. The van der Waals surface area contributed by atoms with Crippen LogP contribution in [0, 0.1) is 6.92 Å². The number of ketones is 1. The minimum absolute atomic E-state index is 0.0226. The summed E-state index contributed by atoms with van der Waals surface area (Å²) < 4.78 is 0. The molecule has 2 aliphatic carbocycles. The van der Waals surface area contributed by atoms with Gasteiger partial charge in [0.05, 0.1) is 5.56 Å². The van der Waals surface area contributed by atoms with Crippen molar-refractivity contribution in [1.29, 1.82) is 0 Å². The molecule has 0 atom stereocenters. The number of benzene rings is 2. The van der Waals surface area contributed by atoms with Gasteiger partial charge in [0.25, 0.3) is 0 Å². The lowest BCUT2D eigenvalue weighted by atomic mass is 9.78. The second-order valence-electron chi connectivity index (χ2n) is 5.69. The van der Waals surface area contributed by atoms with Gasteiger partial charge in [0.15, 0.2) is 5.78 Å². The Kier molecular flexibility index (Phi) is 2.31. The van der Waals surface area contributed by atoms with E-state index in [1.54, 1.807) is 24.3 Å². The molecule has 0 spiro atoms. The highest BCUT2D eigenvalue weighted by atomic mass is 16.3. The Bertz CT molecular complexity index is 838. The van der Waals surface area contributed by atoms with Crippen molar-refractivity contribution in [3.05, 3.63) is 63.7 Å². The Labute approximate surface area is 122 Å². The van der Waals surface area contributed by atoms with Crippen molar-refractivity contribution >= 4 is 11.4 Å². The minimum atomic E-state index is -0.166. The van der Waals surface area contributed by atoms with Crippen LogP contribution in [-0.2, 0) is 0 Å². The predicted molar refractivity (Wildman–Crippen MR) is 79.6 cm³/mol. The number of hydrogen-bond donors (Lipinski definition) is 2. The molecule has 21 heavy (non-hydrogen) atoms. The highest BCUT2D eigenvalue weighted by molar-refractivity contribution is 6.21. The van der Waals surface area contributed by atoms with Crippen LogP contribution in [0.3, 0.4) is 0 Å². The Morgan fingerprint density at radius 1 is 1.00 bits per heavy atom. The van der Waals surface area contributed by atoms with E-state index >= 15 is 0 Å². The van der Waals surface area contributed by atoms with Gasteiger partial charge in [0.1, 0.15) is 11.5 Å². The number of rotatable bonds is 0. The molecular formula is C18H14O3. The third kappa shape index (κ3) is 1.64. The van der Waals surface area contributed by atoms with Gasteiger partial charge in [-0.15, -0.1) is 0 Å². The standard InChI is InChI=1S/C18H14O3/c1-9-7-11(19)8-13-15(9)18(21)17-12(3-2-4-14(17)20)16(13)10-5-6-10/h2-4,7-8,19-20H,5-6H2,1H3. The van der Waals surface area contributed by atoms with Gasteiger partial charge in [0.2, 0.25) is 0 Å². The van der Waals surface area contributed by atoms with E-state index in [-0.39, 0.29) is 17.3 Å². The first-order valence-corrected chi connectivity index (χ1v) is 7.01. The first-order chi connectivity index (χ1) is 10.1. The van der Waals surface area contributed by atoms with E-state index < -0.39 is 0 Å². The summed E-state index contributed by atoms with van der Waals surface area (Å²) in [5.41, 5.74) is 5.58. The van der Waals surface area contributed by atoms with Crippen LogP contribution in [0.15, 0.2) is 35.9 Å². The summed E-state index contributed by atoms with van der Waals surface area (Å²) in [7, 11) is 0. The van der Waals surface area contributed by atoms with E-state index in [0.717, 1.165) is 35.1 Å². The lowest BCUT2D eigenvalue weighted by molar-refractivity contribution is 0.103. The van der Waals surface area contributed by atoms with E-state index in [4.69, 9.17) is 0 Å². The maximum Gasteiger partial charge on any atom is 0.198 e. The molecule has 2 aromatic carbocycles. The molecule has 1 fully saturated rings. The van der Waals surface area contributed by atoms with Crippen molar-refractivity contribution in [3.63, 3.8) is 0 Å². The summed E-state index contributed by atoms with van der Waals surface area (Å²) >= 11 is 0. The number of aromatic hydroxyl groups is 2. The molecule has 0 heterocycles. The minimum Gasteiger partial charge on any atom is -0.508 e. The van der Waals surface area contributed by atoms with Crippen LogP contribution in [-0.4, -0.2) is 16.0 Å². The number of phenolic OH excluding ortho intramolecular Hbond substituents is 2. The fourth-order valence-corrected chi connectivity index (χ4v) is 3.22. The van der Waals surface area contributed by atoms with E-state index in [2.05, 4.69) is 0 Å². The van der Waals surface area contributed by atoms with Gasteiger partial charge < -0.3 is 10.2 Å². The molecular weight excluding hydrogens is 264 g/mol. The van der Waals surface area contributed by atoms with Crippen LogP contribution in [0.1, 0.15) is 45.5 Å². The van der Waals surface area contributed by atoms with Gasteiger partial charge in [-0.05, 0) is 60.2 Å². The number of phenols is 2. The van der Waals surface area contributed by atoms with Crippen LogP contribution >= 0.6 is 0 Å². The summed E-state index contributed by atoms with van der Waals surface area (Å²) in [6.45, 7) is 1.82. The number of allylic oxidation sites excluding steroid dienone is 1. The number of carbonyl (C=O) groups is 1. The summed E-state index contributed by atoms with van der Waals surface area (Å²) in [6, 6.07) is 8.43. The molecule has 3 nitrogen and oxygen atoms in total. The highest BCUT2D eigenvalue weighted by Crippen LogP contribution is 2.48. The van der Waals surface area contributed by atoms with Crippen molar-refractivity contribution < 1.29 is 15.0 Å². The van der Waals surface area contributed by atoms with Crippen LogP contribution < -0.4 is 0 Å². The monoisotopic (exact) mass is 278 g/mol. The molecule has 2 N–H and O–H groups in total. The summed E-state index contributed by atoms with van der Waals surface area (Å²) in [4.78, 5) is 12.8. The molecule has 4 rings (SSSR count). The average Bonchev–Trinajstić information content (AvgIpc) is 3.22. The fraction of sp³-hybridized carbons (Fsp3) is 0.167. The fourth-order valence-electron chi connectivity index (χ4n) is 3.22. The van der Waals surface area contributed by atoms with Gasteiger partial charge in [-0.2, -0.15) is 0 Å². The third-order valence-corrected chi connectivity index (χ3v) is 4.21. The lowest BCUT2D eigenvalue weighted by Crippen LogP contribution is -2.16. The molecule has 104 valence electrons. The Morgan fingerprint density at radius 3 is 2.48 bits per heavy atom. The average molecular weight is 278 g/mol. The molecule has 1 saturated carbocycles. The quantitative estimate of drug-likeness (QED) is 0.661. The molecule has 0 saturated heterocycles. The van der Waals surface area contributed by atoms with Gasteiger partial charge >= 0.3 is 0 Å². The van der Waals surface area contributed by atoms with Crippen molar-refractivity contribution in [3.8, 4) is 11.5 Å². The van der Waals surface area contributed by atoms with Crippen LogP contribution in [0.5, 0.6) is 11.5 Å².